The van der Waals surface area contributed by atoms with E-state index in [1.54, 1.807) is 6.07 Å². The molecule has 1 atom stereocenters. The van der Waals surface area contributed by atoms with Crippen LogP contribution in [0.2, 0.25) is 0 Å². The Morgan fingerprint density at radius 3 is 2.41 bits per heavy atom. The summed E-state index contributed by atoms with van der Waals surface area (Å²) in [6.07, 6.45) is 5.05. The second-order valence-electron chi connectivity index (χ2n) is 5.88. The molecule has 3 rings (SSSR count). The van der Waals surface area contributed by atoms with Gasteiger partial charge in [0.15, 0.2) is 0 Å². The summed E-state index contributed by atoms with van der Waals surface area (Å²) in [7, 11) is 0. The molecule has 1 unspecified atom stereocenters. The van der Waals surface area contributed by atoms with Crippen molar-refractivity contribution >= 4 is 36.4 Å². The Balaban J connectivity index is 0.00000121. The predicted octanol–water partition coefficient (Wildman–Crippen LogP) is 2.81. The average molecular weight is 346 g/mol. The van der Waals surface area contributed by atoms with Gasteiger partial charge in [-0.1, -0.05) is 18.6 Å². The monoisotopic (exact) mass is 345 g/mol. The summed E-state index contributed by atoms with van der Waals surface area (Å²) >= 11 is 0. The maximum Gasteiger partial charge on any atom is 0.255 e. The topological polar surface area (TPSA) is 49.6 Å². The molecule has 22 heavy (non-hydrogen) atoms. The number of anilines is 1. The third-order valence-corrected chi connectivity index (χ3v) is 4.55. The minimum atomic E-state index is 0. The van der Waals surface area contributed by atoms with Gasteiger partial charge in [0.05, 0.1) is 5.56 Å². The van der Waals surface area contributed by atoms with E-state index in [2.05, 4.69) is 4.90 Å². The Bertz CT molecular complexity index is 492. The smallest absolute Gasteiger partial charge is 0.255 e. The van der Waals surface area contributed by atoms with Gasteiger partial charge in [0.25, 0.3) is 5.91 Å². The third kappa shape index (κ3) is 4.06. The highest BCUT2D eigenvalue weighted by atomic mass is 35.5. The van der Waals surface area contributed by atoms with Crippen LogP contribution >= 0.6 is 24.8 Å². The number of likely N-dealkylation sites (tertiary alicyclic amines) is 2. The molecule has 0 saturated carbocycles. The van der Waals surface area contributed by atoms with Crippen molar-refractivity contribution in [3.63, 3.8) is 0 Å². The summed E-state index contributed by atoms with van der Waals surface area (Å²) in [6.45, 7) is 4.10. The van der Waals surface area contributed by atoms with Crippen LogP contribution in [0.15, 0.2) is 24.3 Å². The quantitative estimate of drug-likeness (QED) is 0.838. The van der Waals surface area contributed by atoms with Crippen molar-refractivity contribution in [2.45, 2.75) is 31.7 Å². The zero-order chi connectivity index (χ0) is 13.9. The molecule has 0 aliphatic carbocycles. The molecule has 2 fully saturated rings. The molecule has 2 aliphatic rings. The largest absolute Gasteiger partial charge is 0.398 e. The van der Waals surface area contributed by atoms with Gasteiger partial charge in [0.1, 0.15) is 0 Å². The number of hydrogen-bond donors (Lipinski definition) is 1. The number of rotatable bonds is 2. The van der Waals surface area contributed by atoms with E-state index in [9.17, 15) is 4.79 Å². The van der Waals surface area contributed by atoms with Gasteiger partial charge >= 0.3 is 0 Å². The molecular weight excluding hydrogens is 321 g/mol. The van der Waals surface area contributed by atoms with Crippen molar-refractivity contribution < 1.29 is 4.79 Å². The number of amides is 1. The first-order valence-corrected chi connectivity index (χ1v) is 7.63. The Morgan fingerprint density at radius 1 is 1.05 bits per heavy atom. The van der Waals surface area contributed by atoms with Crippen LogP contribution in [-0.4, -0.2) is 47.9 Å². The molecule has 0 bridgehead atoms. The molecule has 1 amide bonds. The Hall–Kier alpha value is -0.970. The minimum absolute atomic E-state index is 0. The van der Waals surface area contributed by atoms with Crippen LogP contribution in [-0.2, 0) is 0 Å². The van der Waals surface area contributed by atoms with E-state index >= 15 is 0 Å². The fraction of sp³-hybridized carbons (Fsp3) is 0.562. The lowest BCUT2D eigenvalue weighted by Gasteiger charge is -2.32. The van der Waals surface area contributed by atoms with E-state index in [-0.39, 0.29) is 30.7 Å². The molecule has 2 heterocycles. The number of carbonyl (C=O) groups is 1. The fourth-order valence-electron chi connectivity index (χ4n) is 3.37. The molecule has 2 saturated heterocycles. The van der Waals surface area contributed by atoms with Crippen molar-refractivity contribution in [3.8, 4) is 0 Å². The van der Waals surface area contributed by atoms with Gasteiger partial charge < -0.3 is 10.6 Å². The van der Waals surface area contributed by atoms with Gasteiger partial charge in [-0.2, -0.15) is 0 Å². The van der Waals surface area contributed by atoms with E-state index in [1.165, 1.54) is 32.4 Å². The number of hydrogen-bond acceptors (Lipinski definition) is 3. The maximum atomic E-state index is 12.5. The highest BCUT2D eigenvalue weighted by Gasteiger charge is 2.31. The normalized spacial score (nSPS) is 21.8. The van der Waals surface area contributed by atoms with Crippen molar-refractivity contribution in [3.05, 3.63) is 29.8 Å². The molecular formula is C16H25Cl2N3O. The molecule has 2 aliphatic heterocycles. The van der Waals surface area contributed by atoms with Crippen LogP contribution in [0.25, 0.3) is 0 Å². The standard InChI is InChI=1S/C16H23N3O.2ClH/c17-15-7-3-2-6-14(15)16(20)19-11-8-13(12-19)18-9-4-1-5-10-18;;/h2-3,6-7,13H,1,4-5,8-12,17H2;2*1H. The molecule has 2 N–H and O–H groups in total. The van der Waals surface area contributed by atoms with Crippen LogP contribution in [0, 0.1) is 0 Å². The number of benzene rings is 1. The first-order valence-electron chi connectivity index (χ1n) is 7.63. The lowest BCUT2D eigenvalue weighted by atomic mass is 10.1. The molecule has 6 heteroatoms. The zero-order valence-electron chi connectivity index (χ0n) is 12.7. The number of nitrogens with two attached hydrogens (primary N) is 1. The molecule has 1 aromatic rings. The highest BCUT2D eigenvalue weighted by molar-refractivity contribution is 5.99. The molecule has 0 spiro atoms. The first-order chi connectivity index (χ1) is 9.75. The van der Waals surface area contributed by atoms with Crippen LogP contribution in [0.4, 0.5) is 5.69 Å². The summed E-state index contributed by atoms with van der Waals surface area (Å²) < 4.78 is 0. The predicted molar refractivity (Wildman–Crippen MR) is 95.1 cm³/mol. The van der Waals surface area contributed by atoms with Crippen LogP contribution in [0.1, 0.15) is 36.0 Å². The number of nitrogen functional groups attached to an aromatic ring is 1. The van der Waals surface area contributed by atoms with E-state index < -0.39 is 0 Å². The molecule has 0 radical (unpaired) electrons. The van der Waals surface area contributed by atoms with Gasteiger partial charge in [0, 0.05) is 24.8 Å². The third-order valence-electron chi connectivity index (χ3n) is 4.55. The molecule has 4 nitrogen and oxygen atoms in total. The molecule has 0 aromatic heterocycles. The van der Waals surface area contributed by atoms with E-state index in [0.717, 1.165) is 19.5 Å². The second-order valence-corrected chi connectivity index (χ2v) is 5.88. The lowest BCUT2D eigenvalue weighted by molar-refractivity contribution is 0.0772. The number of halogens is 2. The van der Waals surface area contributed by atoms with E-state index in [0.29, 0.717) is 17.3 Å². The Labute approximate surface area is 144 Å². The minimum Gasteiger partial charge on any atom is -0.398 e. The van der Waals surface area contributed by atoms with Gasteiger partial charge in [-0.15, -0.1) is 24.8 Å². The van der Waals surface area contributed by atoms with Crippen LogP contribution in [0.5, 0.6) is 0 Å². The number of para-hydroxylation sites is 1. The second kappa shape index (κ2) is 8.61. The summed E-state index contributed by atoms with van der Waals surface area (Å²) in [4.78, 5) is 17.0. The summed E-state index contributed by atoms with van der Waals surface area (Å²) in [5.74, 6) is 0.0857. The van der Waals surface area contributed by atoms with Crippen LogP contribution in [0.3, 0.4) is 0 Å². The van der Waals surface area contributed by atoms with E-state index in [4.69, 9.17) is 5.73 Å². The van der Waals surface area contributed by atoms with Gasteiger partial charge in [-0.3, -0.25) is 9.69 Å². The summed E-state index contributed by atoms with van der Waals surface area (Å²) in [5.41, 5.74) is 7.14. The fourth-order valence-corrected chi connectivity index (χ4v) is 3.37. The van der Waals surface area contributed by atoms with E-state index in [1.807, 2.05) is 23.1 Å². The summed E-state index contributed by atoms with van der Waals surface area (Å²) in [5, 5.41) is 0. The highest BCUT2D eigenvalue weighted by Crippen LogP contribution is 2.23. The van der Waals surface area contributed by atoms with Crippen molar-refractivity contribution in [1.82, 2.24) is 9.80 Å². The summed E-state index contributed by atoms with van der Waals surface area (Å²) in [6, 6.07) is 7.91. The Kier molecular flexibility index (Phi) is 7.46. The number of nitrogens with zero attached hydrogens (tertiary/aromatic N) is 2. The lowest BCUT2D eigenvalue weighted by Crippen LogP contribution is -2.41. The molecule has 1 aromatic carbocycles. The maximum absolute atomic E-state index is 12.5. The molecule has 124 valence electrons. The average Bonchev–Trinajstić information content (AvgIpc) is 2.98. The number of piperidine rings is 1. The van der Waals surface area contributed by atoms with Crippen LogP contribution < -0.4 is 5.73 Å². The zero-order valence-corrected chi connectivity index (χ0v) is 14.4. The van der Waals surface area contributed by atoms with Gasteiger partial charge in [-0.05, 0) is 44.5 Å². The van der Waals surface area contributed by atoms with Crippen molar-refractivity contribution in [1.29, 1.82) is 0 Å². The van der Waals surface area contributed by atoms with Crippen molar-refractivity contribution in [2.75, 3.05) is 31.9 Å². The Morgan fingerprint density at radius 2 is 1.73 bits per heavy atom. The van der Waals surface area contributed by atoms with Crippen molar-refractivity contribution in [2.24, 2.45) is 0 Å². The first kappa shape index (κ1) is 19.1. The number of carbonyl (C=O) groups excluding carboxylic acids is 1. The van der Waals surface area contributed by atoms with Gasteiger partial charge in [0.2, 0.25) is 0 Å². The van der Waals surface area contributed by atoms with Gasteiger partial charge in [-0.25, -0.2) is 0 Å². The SMILES string of the molecule is Cl.Cl.Nc1ccccc1C(=O)N1CCC(N2CCCCC2)C1.